The molecule has 1 aromatic rings. The Morgan fingerprint density at radius 3 is 2.82 bits per heavy atom. The van der Waals surface area contributed by atoms with Crippen molar-refractivity contribution in [1.29, 1.82) is 0 Å². The van der Waals surface area contributed by atoms with Gasteiger partial charge in [-0.3, -0.25) is 4.79 Å². The van der Waals surface area contributed by atoms with Crippen molar-refractivity contribution in [2.45, 2.75) is 46.2 Å². The van der Waals surface area contributed by atoms with E-state index in [4.69, 9.17) is 5.73 Å². The molecule has 17 heavy (non-hydrogen) atoms. The lowest BCUT2D eigenvalue weighted by Gasteiger charge is -2.14. The van der Waals surface area contributed by atoms with Gasteiger partial charge in [-0.15, -0.1) is 11.3 Å². The van der Waals surface area contributed by atoms with Crippen molar-refractivity contribution in [3.8, 4) is 0 Å². The van der Waals surface area contributed by atoms with E-state index in [1.54, 1.807) is 11.3 Å². The number of thiophene rings is 1. The van der Waals surface area contributed by atoms with Crippen LogP contribution in [0.3, 0.4) is 0 Å². The number of hydrogen-bond donors (Lipinski definition) is 2. The number of nitrogens with one attached hydrogen (secondary N) is 1. The van der Waals surface area contributed by atoms with Crippen molar-refractivity contribution in [3.63, 3.8) is 0 Å². The largest absolute Gasteiger partial charge is 0.350 e. The van der Waals surface area contributed by atoms with E-state index >= 15 is 0 Å². The molecule has 0 aliphatic carbocycles. The number of nitrogens with two attached hydrogens (primary N) is 1. The quantitative estimate of drug-likeness (QED) is 0.818. The van der Waals surface area contributed by atoms with Crippen molar-refractivity contribution >= 4 is 17.2 Å². The van der Waals surface area contributed by atoms with Crippen LogP contribution in [0.2, 0.25) is 0 Å². The summed E-state index contributed by atoms with van der Waals surface area (Å²) < 4.78 is 0. The van der Waals surface area contributed by atoms with Gasteiger partial charge in [-0.25, -0.2) is 0 Å². The summed E-state index contributed by atoms with van der Waals surface area (Å²) >= 11 is 1.69. The summed E-state index contributed by atoms with van der Waals surface area (Å²) in [4.78, 5) is 13.0. The van der Waals surface area contributed by atoms with Gasteiger partial charge in [-0.05, 0) is 35.8 Å². The first-order valence-corrected chi connectivity index (χ1v) is 7.01. The minimum Gasteiger partial charge on any atom is -0.350 e. The van der Waals surface area contributed by atoms with Crippen LogP contribution in [-0.4, -0.2) is 11.9 Å². The van der Waals surface area contributed by atoms with Gasteiger partial charge in [0, 0.05) is 4.88 Å². The molecule has 96 valence electrons. The Morgan fingerprint density at radius 1 is 1.53 bits per heavy atom. The maximum atomic E-state index is 11.7. The van der Waals surface area contributed by atoms with Crippen LogP contribution in [0.15, 0.2) is 11.4 Å². The average Bonchev–Trinajstić information content (AvgIpc) is 2.72. The molecule has 0 unspecified atom stereocenters. The lowest BCUT2D eigenvalue weighted by Crippen LogP contribution is -2.41. The molecular formula is C13H22N2OS. The van der Waals surface area contributed by atoms with Gasteiger partial charge < -0.3 is 11.1 Å². The van der Waals surface area contributed by atoms with Crippen LogP contribution in [0.4, 0.5) is 0 Å². The monoisotopic (exact) mass is 254 g/mol. The van der Waals surface area contributed by atoms with Crippen LogP contribution in [0.5, 0.6) is 0 Å². The van der Waals surface area contributed by atoms with Gasteiger partial charge in [0.2, 0.25) is 5.91 Å². The lowest BCUT2D eigenvalue weighted by atomic mass is 10.0. The molecule has 0 fully saturated rings. The standard InChI is InChI=1S/C13H22N2OS/c1-4-10-5-6-17-12(10)8-15-13(16)11(14)7-9(2)3/h5-6,9,11H,4,7-8,14H2,1-3H3,(H,15,16)/t11-/m0/s1. The number of hydrogen-bond acceptors (Lipinski definition) is 3. The summed E-state index contributed by atoms with van der Waals surface area (Å²) in [6.07, 6.45) is 1.74. The fraction of sp³-hybridized carbons (Fsp3) is 0.615. The summed E-state index contributed by atoms with van der Waals surface area (Å²) in [6.45, 7) is 6.87. The van der Waals surface area contributed by atoms with E-state index in [1.165, 1.54) is 10.4 Å². The van der Waals surface area contributed by atoms with Gasteiger partial charge >= 0.3 is 0 Å². The van der Waals surface area contributed by atoms with Crippen molar-refractivity contribution in [2.75, 3.05) is 0 Å². The summed E-state index contributed by atoms with van der Waals surface area (Å²) in [5.41, 5.74) is 7.13. The first kappa shape index (κ1) is 14.2. The van der Waals surface area contributed by atoms with Crippen molar-refractivity contribution < 1.29 is 4.79 Å². The van der Waals surface area contributed by atoms with Gasteiger partial charge in [0.25, 0.3) is 0 Å². The second-order valence-electron chi connectivity index (χ2n) is 4.68. The predicted octanol–water partition coefficient (Wildman–Crippen LogP) is 2.30. The molecule has 1 heterocycles. The molecule has 1 rings (SSSR count). The zero-order chi connectivity index (χ0) is 12.8. The fourth-order valence-corrected chi connectivity index (χ4v) is 2.67. The molecule has 0 saturated carbocycles. The highest BCUT2D eigenvalue weighted by Crippen LogP contribution is 2.16. The molecule has 0 saturated heterocycles. The van der Waals surface area contributed by atoms with Crippen molar-refractivity contribution in [1.82, 2.24) is 5.32 Å². The normalized spacial score (nSPS) is 12.8. The van der Waals surface area contributed by atoms with Crippen LogP contribution < -0.4 is 11.1 Å². The SMILES string of the molecule is CCc1ccsc1CNC(=O)[C@@H](N)CC(C)C. The zero-order valence-corrected chi connectivity index (χ0v) is 11.6. The van der Waals surface area contributed by atoms with E-state index in [2.05, 4.69) is 37.5 Å². The second-order valence-corrected chi connectivity index (χ2v) is 5.68. The topological polar surface area (TPSA) is 55.1 Å². The summed E-state index contributed by atoms with van der Waals surface area (Å²) in [6, 6.07) is 1.72. The van der Waals surface area contributed by atoms with Crippen LogP contribution in [-0.2, 0) is 17.8 Å². The lowest BCUT2D eigenvalue weighted by molar-refractivity contribution is -0.122. The summed E-state index contributed by atoms with van der Waals surface area (Å²) in [7, 11) is 0. The Hall–Kier alpha value is -0.870. The minimum atomic E-state index is -0.389. The third-order valence-corrected chi connectivity index (χ3v) is 3.67. The maximum Gasteiger partial charge on any atom is 0.237 e. The Balaban J connectivity index is 2.43. The summed E-state index contributed by atoms with van der Waals surface area (Å²) in [5.74, 6) is 0.401. The van der Waals surface area contributed by atoms with Gasteiger partial charge in [0.1, 0.15) is 0 Å². The van der Waals surface area contributed by atoms with Gasteiger partial charge in [0.15, 0.2) is 0 Å². The molecule has 0 spiro atoms. The Labute approximate surface area is 107 Å². The molecule has 0 bridgehead atoms. The molecule has 1 atom stereocenters. The van der Waals surface area contributed by atoms with Crippen LogP contribution in [0.1, 0.15) is 37.6 Å². The minimum absolute atomic E-state index is 0.0471. The third kappa shape index (κ3) is 4.48. The molecule has 0 aliphatic rings. The molecule has 1 amide bonds. The van der Waals surface area contributed by atoms with Crippen LogP contribution in [0, 0.1) is 5.92 Å². The third-order valence-electron chi connectivity index (χ3n) is 2.70. The van der Waals surface area contributed by atoms with Crippen molar-refractivity contribution in [3.05, 3.63) is 21.9 Å². The molecule has 0 radical (unpaired) electrons. The number of amides is 1. The van der Waals surface area contributed by atoms with Crippen molar-refractivity contribution in [2.24, 2.45) is 11.7 Å². The van der Waals surface area contributed by atoms with Crippen LogP contribution >= 0.6 is 11.3 Å². The van der Waals surface area contributed by atoms with E-state index in [0.29, 0.717) is 12.5 Å². The molecule has 4 heteroatoms. The second kappa shape index (κ2) is 6.77. The predicted molar refractivity (Wildman–Crippen MR) is 73.0 cm³/mol. The number of carbonyl (C=O) groups excluding carboxylic acids is 1. The van der Waals surface area contributed by atoms with E-state index in [1.807, 2.05) is 0 Å². The molecule has 1 aromatic heterocycles. The molecule has 3 N–H and O–H groups in total. The molecular weight excluding hydrogens is 232 g/mol. The van der Waals surface area contributed by atoms with Gasteiger partial charge in [-0.1, -0.05) is 20.8 Å². The van der Waals surface area contributed by atoms with E-state index < -0.39 is 0 Å². The first-order valence-electron chi connectivity index (χ1n) is 6.13. The summed E-state index contributed by atoms with van der Waals surface area (Å²) in [5, 5.41) is 4.98. The Kier molecular flexibility index (Phi) is 5.65. The highest BCUT2D eigenvalue weighted by atomic mass is 32.1. The van der Waals surface area contributed by atoms with E-state index in [9.17, 15) is 4.79 Å². The highest BCUT2D eigenvalue weighted by Gasteiger charge is 2.15. The van der Waals surface area contributed by atoms with Gasteiger partial charge in [-0.2, -0.15) is 0 Å². The smallest absolute Gasteiger partial charge is 0.237 e. The fourth-order valence-electron chi connectivity index (χ4n) is 1.75. The van der Waals surface area contributed by atoms with E-state index in [-0.39, 0.29) is 11.9 Å². The van der Waals surface area contributed by atoms with E-state index in [0.717, 1.165) is 12.8 Å². The highest BCUT2D eigenvalue weighted by molar-refractivity contribution is 7.10. The maximum absolute atomic E-state index is 11.7. The Bertz CT molecular complexity index is 360. The zero-order valence-electron chi connectivity index (χ0n) is 10.8. The Morgan fingerprint density at radius 2 is 2.24 bits per heavy atom. The molecule has 3 nitrogen and oxygen atoms in total. The van der Waals surface area contributed by atoms with Gasteiger partial charge in [0.05, 0.1) is 12.6 Å². The molecule has 0 aliphatic heterocycles. The number of rotatable bonds is 6. The average molecular weight is 254 g/mol. The number of aryl methyl sites for hydroxylation is 1. The first-order chi connectivity index (χ1) is 8.04. The molecule has 0 aromatic carbocycles. The number of carbonyl (C=O) groups is 1. The van der Waals surface area contributed by atoms with Crippen LogP contribution in [0.25, 0.3) is 0 Å².